The van der Waals surface area contributed by atoms with Crippen molar-refractivity contribution in [3.63, 3.8) is 0 Å². The molecule has 0 heterocycles. The van der Waals surface area contributed by atoms with Gasteiger partial charge in [-0.15, -0.1) is 0 Å². The molecule has 0 bridgehead atoms. The summed E-state index contributed by atoms with van der Waals surface area (Å²) < 4.78 is 5.74. The fraction of sp³-hybridized carbons (Fsp3) is 0.600. The molecule has 2 rings (SSSR count). The van der Waals surface area contributed by atoms with Gasteiger partial charge in [0.2, 0.25) is 0 Å². The van der Waals surface area contributed by atoms with Gasteiger partial charge < -0.3 is 10.1 Å². The lowest BCUT2D eigenvalue weighted by Gasteiger charge is -2.31. The quantitative estimate of drug-likeness (QED) is 0.843. The van der Waals surface area contributed by atoms with Crippen molar-refractivity contribution in [3.8, 4) is 0 Å². The molecule has 0 aromatic heterocycles. The minimum absolute atomic E-state index is 0.171. The Hall–Kier alpha value is -0.860. The van der Waals surface area contributed by atoms with Crippen LogP contribution in [0, 0.1) is 5.92 Å². The first-order valence-electron chi connectivity index (χ1n) is 6.62. The summed E-state index contributed by atoms with van der Waals surface area (Å²) >= 11 is 0. The van der Waals surface area contributed by atoms with Gasteiger partial charge in [-0.1, -0.05) is 43.2 Å². The van der Waals surface area contributed by atoms with Gasteiger partial charge in [0.1, 0.15) is 0 Å². The summed E-state index contributed by atoms with van der Waals surface area (Å²) in [4.78, 5) is 0. The number of likely N-dealkylation sites (N-methyl/N-ethyl adjacent to an activating group) is 1. The van der Waals surface area contributed by atoms with Crippen LogP contribution in [0.25, 0.3) is 0 Å². The summed E-state index contributed by atoms with van der Waals surface area (Å²) in [5.74, 6) is 0.755. The van der Waals surface area contributed by atoms with Crippen LogP contribution in [0.4, 0.5) is 0 Å². The third-order valence-corrected chi connectivity index (χ3v) is 3.95. The molecule has 0 radical (unpaired) electrons. The fourth-order valence-corrected chi connectivity index (χ4v) is 3.08. The van der Waals surface area contributed by atoms with Crippen LogP contribution in [0.2, 0.25) is 0 Å². The number of rotatable bonds is 5. The molecule has 2 atom stereocenters. The van der Waals surface area contributed by atoms with Gasteiger partial charge in [-0.3, -0.25) is 0 Å². The van der Waals surface area contributed by atoms with Crippen molar-refractivity contribution in [3.05, 3.63) is 35.9 Å². The Morgan fingerprint density at radius 1 is 1.18 bits per heavy atom. The molecule has 1 N–H and O–H groups in total. The van der Waals surface area contributed by atoms with Crippen molar-refractivity contribution < 1.29 is 4.74 Å². The highest BCUT2D eigenvalue weighted by molar-refractivity contribution is 5.19. The molecule has 1 aliphatic rings. The van der Waals surface area contributed by atoms with Crippen LogP contribution in [-0.2, 0) is 4.74 Å². The number of benzene rings is 1. The first-order chi connectivity index (χ1) is 8.36. The molecule has 0 saturated heterocycles. The molecule has 1 fully saturated rings. The molecule has 0 aliphatic heterocycles. The standard InChI is InChI=1S/C15H23NO/c1-16-14(12-8-6-7-9-12)15(17-2)13-10-4-3-5-11-13/h3-5,10-12,14-16H,6-9H2,1-2H3. The maximum absolute atomic E-state index is 5.74. The van der Waals surface area contributed by atoms with Crippen molar-refractivity contribution >= 4 is 0 Å². The van der Waals surface area contributed by atoms with Crippen LogP contribution >= 0.6 is 0 Å². The lowest BCUT2D eigenvalue weighted by molar-refractivity contribution is 0.0500. The molecule has 17 heavy (non-hydrogen) atoms. The van der Waals surface area contributed by atoms with Gasteiger partial charge >= 0.3 is 0 Å². The van der Waals surface area contributed by atoms with Gasteiger partial charge in [0.05, 0.1) is 6.10 Å². The minimum Gasteiger partial charge on any atom is -0.375 e. The summed E-state index contributed by atoms with van der Waals surface area (Å²) in [6, 6.07) is 11.0. The lowest BCUT2D eigenvalue weighted by atomic mass is 9.89. The first-order valence-corrected chi connectivity index (χ1v) is 6.62. The topological polar surface area (TPSA) is 21.3 Å². The minimum atomic E-state index is 0.171. The van der Waals surface area contributed by atoms with E-state index in [-0.39, 0.29) is 6.10 Å². The SMILES string of the molecule is CNC(C1CCCC1)C(OC)c1ccccc1. The molecule has 1 aromatic carbocycles. The highest BCUT2D eigenvalue weighted by Gasteiger charge is 2.31. The van der Waals surface area contributed by atoms with E-state index in [0.717, 1.165) is 5.92 Å². The van der Waals surface area contributed by atoms with Crippen LogP contribution < -0.4 is 5.32 Å². The third-order valence-electron chi connectivity index (χ3n) is 3.95. The number of nitrogens with one attached hydrogen (secondary N) is 1. The largest absolute Gasteiger partial charge is 0.375 e. The average Bonchev–Trinajstić information content (AvgIpc) is 2.90. The van der Waals surface area contributed by atoms with Crippen LogP contribution in [0.5, 0.6) is 0 Å². The zero-order valence-corrected chi connectivity index (χ0v) is 10.9. The van der Waals surface area contributed by atoms with Gasteiger partial charge in [0, 0.05) is 13.2 Å². The number of ether oxygens (including phenoxy) is 1. The Kier molecular flexibility index (Phi) is 4.57. The van der Waals surface area contributed by atoms with Gasteiger partial charge in [0.25, 0.3) is 0 Å². The third kappa shape index (κ3) is 2.88. The summed E-state index contributed by atoms with van der Waals surface area (Å²) in [5.41, 5.74) is 1.28. The van der Waals surface area contributed by atoms with Gasteiger partial charge in [-0.2, -0.15) is 0 Å². The molecular weight excluding hydrogens is 210 g/mol. The predicted octanol–water partition coefficient (Wildman–Crippen LogP) is 3.15. The smallest absolute Gasteiger partial charge is 0.0976 e. The zero-order valence-electron chi connectivity index (χ0n) is 10.9. The van der Waals surface area contributed by atoms with Crippen LogP contribution in [0.3, 0.4) is 0 Å². The van der Waals surface area contributed by atoms with E-state index in [2.05, 4.69) is 42.7 Å². The van der Waals surface area contributed by atoms with Crippen molar-refractivity contribution in [2.45, 2.75) is 37.8 Å². The molecule has 0 amide bonds. The second-order valence-corrected chi connectivity index (χ2v) is 4.93. The van der Waals surface area contributed by atoms with E-state index < -0.39 is 0 Å². The van der Waals surface area contributed by atoms with Crippen molar-refractivity contribution in [1.82, 2.24) is 5.32 Å². The van der Waals surface area contributed by atoms with Crippen LogP contribution in [-0.4, -0.2) is 20.2 Å². The monoisotopic (exact) mass is 233 g/mol. The second kappa shape index (κ2) is 6.18. The Labute approximate surface area is 104 Å². The Morgan fingerprint density at radius 3 is 2.35 bits per heavy atom. The average molecular weight is 233 g/mol. The van der Waals surface area contributed by atoms with Gasteiger partial charge in [-0.25, -0.2) is 0 Å². The summed E-state index contributed by atoms with van der Waals surface area (Å²) in [5, 5.41) is 3.47. The predicted molar refractivity (Wildman–Crippen MR) is 71.0 cm³/mol. The lowest BCUT2D eigenvalue weighted by Crippen LogP contribution is -2.38. The molecule has 1 aromatic rings. The molecule has 94 valence electrons. The van der Waals surface area contributed by atoms with E-state index >= 15 is 0 Å². The normalized spacial score (nSPS) is 20.4. The molecule has 2 heteroatoms. The molecule has 1 aliphatic carbocycles. The van der Waals surface area contributed by atoms with E-state index in [0.29, 0.717) is 6.04 Å². The molecule has 1 saturated carbocycles. The van der Waals surface area contributed by atoms with Crippen molar-refractivity contribution in [1.29, 1.82) is 0 Å². The van der Waals surface area contributed by atoms with E-state index in [9.17, 15) is 0 Å². The number of hydrogen-bond acceptors (Lipinski definition) is 2. The summed E-state index contributed by atoms with van der Waals surface area (Å²) in [6.07, 6.45) is 5.57. The Morgan fingerprint density at radius 2 is 1.82 bits per heavy atom. The van der Waals surface area contributed by atoms with Gasteiger partial charge in [-0.05, 0) is 31.4 Å². The maximum Gasteiger partial charge on any atom is 0.0976 e. The summed E-state index contributed by atoms with van der Waals surface area (Å²) in [7, 11) is 3.87. The Bertz CT molecular complexity index is 319. The van der Waals surface area contributed by atoms with Crippen molar-refractivity contribution in [2.75, 3.05) is 14.2 Å². The van der Waals surface area contributed by atoms with E-state index in [1.165, 1.54) is 31.2 Å². The molecular formula is C15H23NO. The molecule has 2 nitrogen and oxygen atoms in total. The molecule has 0 spiro atoms. The van der Waals surface area contributed by atoms with E-state index in [1.807, 2.05) is 7.11 Å². The first kappa shape index (κ1) is 12.6. The number of hydrogen-bond donors (Lipinski definition) is 1. The fourth-order valence-electron chi connectivity index (χ4n) is 3.08. The van der Waals surface area contributed by atoms with E-state index in [1.54, 1.807) is 0 Å². The van der Waals surface area contributed by atoms with Crippen LogP contribution in [0.15, 0.2) is 30.3 Å². The highest BCUT2D eigenvalue weighted by Crippen LogP contribution is 2.34. The zero-order chi connectivity index (χ0) is 12.1. The summed E-state index contributed by atoms with van der Waals surface area (Å²) in [6.45, 7) is 0. The highest BCUT2D eigenvalue weighted by atomic mass is 16.5. The molecule has 2 unspecified atom stereocenters. The van der Waals surface area contributed by atoms with E-state index in [4.69, 9.17) is 4.74 Å². The second-order valence-electron chi connectivity index (χ2n) is 4.93. The maximum atomic E-state index is 5.74. The van der Waals surface area contributed by atoms with Crippen LogP contribution in [0.1, 0.15) is 37.4 Å². The van der Waals surface area contributed by atoms with Crippen molar-refractivity contribution in [2.24, 2.45) is 5.92 Å². The Balaban J connectivity index is 2.15. The van der Waals surface area contributed by atoms with Gasteiger partial charge in [0.15, 0.2) is 0 Å². The number of methoxy groups -OCH3 is 1.